The molecule has 5 nitrogen and oxygen atoms in total. The van der Waals surface area contributed by atoms with Gasteiger partial charge in [-0.2, -0.15) is 5.10 Å². The van der Waals surface area contributed by atoms with Crippen molar-refractivity contribution in [3.8, 4) is 16.4 Å². The monoisotopic (exact) mass is 357 g/mol. The molecule has 0 N–H and O–H groups in total. The highest BCUT2D eigenvalue weighted by Gasteiger charge is 2.13. The van der Waals surface area contributed by atoms with E-state index in [-0.39, 0.29) is 0 Å². The molecule has 102 valence electrons. The molecular formula is C14H8BrN5S. The molecule has 0 atom stereocenters. The number of benzene rings is 1. The third-order valence-electron chi connectivity index (χ3n) is 3.11. The van der Waals surface area contributed by atoms with E-state index in [0.717, 1.165) is 25.1 Å². The van der Waals surface area contributed by atoms with Crippen LogP contribution in [-0.4, -0.2) is 25.0 Å². The van der Waals surface area contributed by atoms with Crippen molar-refractivity contribution in [2.45, 2.75) is 0 Å². The standard InChI is InChI=1S/C14H8BrN5S/c15-12-6-5-11(21-12)13-9-3-1-2-4-10(9)14(19-18-13)20-8-16-7-17-20/h1-8H. The first kappa shape index (κ1) is 12.6. The summed E-state index contributed by atoms with van der Waals surface area (Å²) in [5.74, 6) is 0.683. The second-order valence-corrected chi connectivity index (χ2v) is 6.82. The zero-order valence-corrected chi connectivity index (χ0v) is 13.0. The molecule has 1 aromatic carbocycles. The van der Waals surface area contributed by atoms with Crippen molar-refractivity contribution >= 4 is 38.0 Å². The van der Waals surface area contributed by atoms with E-state index in [1.807, 2.05) is 36.4 Å². The van der Waals surface area contributed by atoms with Crippen LogP contribution in [0.4, 0.5) is 0 Å². The first-order chi connectivity index (χ1) is 10.3. The van der Waals surface area contributed by atoms with Crippen LogP contribution in [-0.2, 0) is 0 Å². The molecule has 0 saturated carbocycles. The molecule has 0 bridgehead atoms. The van der Waals surface area contributed by atoms with Gasteiger partial charge in [0.05, 0.1) is 8.66 Å². The van der Waals surface area contributed by atoms with Crippen molar-refractivity contribution in [2.75, 3.05) is 0 Å². The maximum atomic E-state index is 4.40. The highest BCUT2D eigenvalue weighted by atomic mass is 79.9. The minimum absolute atomic E-state index is 0.683. The molecule has 0 saturated heterocycles. The number of hydrogen-bond donors (Lipinski definition) is 0. The summed E-state index contributed by atoms with van der Waals surface area (Å²) < 4.78 is 2.70. The van der Waals surface area contributed by atoms with Gasteiger partial charge in [-0.1, -0.05) is 24.3 Å². The van der Waals surface area contributed by atoms with Gasteiger partial charge in [0.2, 0.25) is 0 Å². The molecule has 0 aliphatic heterocycles. The van der Waals surface area contributed by atoms with Gasteiger partial charge in [0, 0.05) is 10.8 Å². The number of fused-ring (bicyclic) bond motifs is 1. The van der Waals surface area contributed by atoms with E-state index in [1.165, 1.54) is 6.33 Å². The zero-order chi connectivity index (χ0) is 14.2. The van der Waals surface area contributed by atoms with Crippen molar-refractivity contribution in [3.63, 3.8) is 0 Å². The molecule has 0 aliphatic rings. The van der Waals surface area contributed by atoms with E-state index in [9.17, 15) is 0 Å². The Hall–Kier alpha value is -2.12. The molecule has 3 heterocycles. The maximum Gasteiger partial charge on any atom is 0.185 e. The second kappa shape index (κ2) is 5.01. The predicted molar refractivity (Wildman–Crippen MR) is 85.5 cm³/mol. The maximum absolute atomic E-state index is 4.40. The number of thiophene rings is 1. The predicted octanol–water partition coefficient (Wildman–Crippen LogP) is 3.70. The van der Waals surface area contributed by atoms with E-state index in [1.54, 1.807) is 22.3 Å². The Balaban J connectivity index is 2.02. The summed E-state index contributed by atoms with van der Waals surface area (Å²) in [5.41, 5.74) is 0.880. The van der Waals surface area contributed by atoms with E-state index in [2.05, 4.69) is 36.2 Å². The summed E-state index contributed by atoms with van der Waals surface area (Å²) in [6.07, 6.45) is 3.11. The first-order valence-electron chi connectivity index (χ1n) is 6.19. The fourth-order valence-corrected chi connectivity index (χ4v) is 3.59. The van der Waals surface area contributed by atoms with Crippen LogP contribution in [0.2, 0.25) is 0 Å². The van der Waals surface area contributed by atoms with Crippen LogP contribution >= 0.6 is 27.3 Å². The largest absolute Gasteiger partial charge is 0.223 e. The molecule has 0 spiro atoms. The molecule has 7 heteroatoms. The molecule has 0 unspecified atom stereocenters. The molecule has 0 aliphatic carbocycles. The normalized spacial score (nSPS) is 11.1. The number of rotatable bonds is 2. The van der Waals surface area contributed by atoms with Crippen LogP contribution in [0.5, 0.6) is 0 Å². The summed E-state index contributed by atoms with van der Waals surface area (Å²) in [5, 5.41) is 14.9. The summed E-state index contributed by atoms with van der Waals surface area (Å²) in [6, 6.07) is 12.1. The Labute approximate surface area is 132 Å². The third kappa shape index (κ3) is 2.14. The van der Waals surface area contributed by atoms with Crippen molar-refractivity contribution in [2.24, 2.45) is 0 Å². The molecule has 4 rings (SSSR count). The van der Waals surface area contributed by atoms with Gasteiger partial charge in [-0.25, -0.2) is 9.67 Å². The number of hydrogen-bond acceptors (Lipinski definition) is 5. The van der Waals surface area contributed by atoms with Crippen LogP contribution in [0.3, 0.4) is 0 Å². The highest BCUT2D eigenvalue weighted by molar-refractivity contribution is 9.11. The molecule has 0 radical (unpaired) electrons. The number of nitrogens with zero attached hydrogens (tertiary/aromatic N) is 5. The van der Waals surface area contributed by atoms with Gasteiger partial charge < -0.3 is 0 Å². The molecular weight excluding hydrogens is 350 g/mol. The molecule has 21 heavy (non-hydrogen) atoms. The van der Waals surface area contributed by atoms with Crippen molar-refractivity contribution < 1.29 is 0 Å². The fourth-order valence-electron chi connectivity index (χ4n) is 2.20. The lowest BCUT2D eigenvalue weighted by Gasteiger charge is -2.07. The summed E-state index contributed by atoms with van der Waals surface area (Å²) in [4.78, 5) is 5.05. The lowest BCUT2D eigenvalue weighted by molar-refractivity contribution is 0.826. The van der Waals surface area contributed by atoms with Crippen molar-refractivity contribution in [3.05, 3.63) is 52.8 Å². The molecule has 0 fully saturated rings. The van der Waals surface area contributed by atoms with E-state index >= 15 is 0 Å². The first-order valence-corrected chi connectivity index (χ1v) is 7.80. The van der Waals surface area contributed by atoms with E-state index in [4.69, 9.17) is 0 Å². The van der Waals surface area contributed by atoms with Gasteiger partial charge >= 0.3 is 0 Å². The lowest BCUT2D eigenvalue weighted by Crippen LogP contribution is -2.02. The van der Waals surface area contributed by atoms with Gasteiger partial charge in [-0.15, -0.1) is 21.5 Å². The van der Waals surface area contributed by atoms with Gasteiger partial charge in [0.1, 0.15) is 18.3 Å². The Bertz CT molecular complexity index is 916. The summed E-state index contributed by atoms with van der Waals surface area (Å²) in [7, 11) is 0. The number of halogens is 1. The Morgan fingerprint density at radius 1 is 1.00 bits per heavy atom. The molecule has 4 aromatic rings. The van der Waals surface area contributed by atoms with Crippen LogP contribution in [0.15, 0.2) is 52.8 Å². The molecule has 0 amide bonds. The minimum Gasteiger partial charge on any atom is -0.223 e. The lowest BCUT2D eigenvalue weighted by atomic mass is 10.1. The topological polar surface area (TPSA) is 56.5 Å². The van der Waals surface area contributed by atoms with Gasteiger partial charge in [-0.05, 0) is 28.1 Å². The fraction of sp³-hybridized carbons (Fsp3) is 0. The van der Waals surface area contributed by atoms with Crippen molar-refractivity contribution in [1.82, 2.24) is 25.0 Å². The number of aromatic nitrogens is 5. The highest BCUT2D eigenvalue weighted by Crippen LogP contribution is 2.34. The van der Waals surface area contributed by atoms with Crippen LogP contribution in [0.1, 0.15) is 0 Å². The zero-order valence-electron chi connectivity index (χ0n) is 10.6. The second-order valence-electron chi connectivity index (χ2n) is 4.36. The van der Waals surface area contributed by atoms with Crippen molar-refractivity contribution in [1.29, 1.82) is 0 Å². The minimum atomic E-state index is 0.683. The quantitative estimate of drug-likeness (QED) is 0.548. The van der Waals surface area contributed by atoms with E-state index in [0.29, 0.717) is 5.82 Å². The van der Waals surface area contributed by atoms with Gasteiger partial charge in [0.15, 0.2) is 5.82 Å². The average Bonchev–Trinajstić information content (AvgIpc) is 3.17. The molecule has 3 aromatic heterocycles. The van der Waals surface area contributed by atoms with E-state index < -0.39 is 0 Å². The summed E-state index contributed by atoms with van der Waals surface area (Å²) in [6.45, 7) is 0. The average molecular weight is 358 g/mol. The van der Waals surface area contributed by atoms with Crippen LogP contribution < -0.4 is 0 Å². The summed E-state index contributed by atoms with van der Waals surface area (Å²) >= 11 is 5.13. The van der Waals surface area contributed by atoms with Crippen LogP contribution in [0, 0.1) is 0 Å². The van der Waals surface area contributed by atoms with Crippen LogP contribution in [0.25, 0.3) is 27.2 Å². The van der Waals surface area contributed by atoms with Gasteiger partial charge in [0.25, 0.3) is 0 Å². The Kier molecular flexibility index (Phi) is 3.01. The third-order valence-corrected chi connectivity index (χ3v) is 4.74. The van der Waals surface area contributed by atoms with Gasteiger partial charge in [-0.3, -0.25) is 0 Å². The Morgan fingerprint density at radius 2 is 1.86 bits per heavy atom. The SMILES string of the molecule is Brc1ccc(-c2nnc(-n3cncn3)c3ccccc23)s1. The Morgan fingerprint density at radius 3 is 2.57 bits per heavy atom. The smallest absolute Gasteiger partial charge is 0.185 e.